The zero-order valence-electron chi connectivity index (χ0n) is 28.9. The van der Waals surface area contributed by atoms with Crippen molar-refractivity contribution in [2.24, 2.45) is 14.1 Å². The van der Waals surface area contributed by atoms with E-state index in [1.807, 2.05) is 30.3 Å². The van der Waals surface area contributed by atoms with E-state index < -0.39 is 40.7 Å². The molecule has 0 saturated heterocycles. The standard InChI is InChI=1S/C35H41ClN6O7/c1-34(2,3)48-31(44)37-25(20-47-19-21-13-10-9-11-14-21)28-38-29-27(39(28)7)30(43)41(32(45)40(29)8)18-22-17-23-24(36)15-12-16-26(23)42(22)33(46)49-35(4,5)6/h9-17,25H,18-20H2,1-8H3,(H,37,44). The number of hydrogen-bond acceptors (Lipinski definition) is 8. The van der Waals surface area contributed by atoms with Gasteiger partial charge in [0.2, 0.25) is 0 Å². The van der Waals surface area contributed by atoms with Crippen LogP contribution in [0.2, 0.25) is 5.02 Å². The second kappa shape index (κ2) is 13.6. The second-order valence-electron chi connectivity index (χ2n) is 13.8. The van der Waals surface area contributed by atoms with E-state index >= 15 is 0 Å². The zero-order chi connectivity index (χ0) is 35.8. The van der Waals surface area contributed by atoms with E-state index in [1.165, 1.54) is 20.7 Å². The number of nitrogens with one attached hydrogen (secondary N) is 1. The number of fused-ring (bicyclic) bond motifs is 2. The van der Waals surface area contributed by atoms with Crippen molar-refractivity contribution in [3.05, 3.63) is 97.5 Å². The molecule has 3 heterocycles. The predicted octanol–water partition coefficient (Wildman–Crippen LogP) is 5.66. The van der Waals surface area contributed by atoms with Crippen molar-refractivity contribution in [1.82, 2.24) is 28.6 Å². The number of alkyl carbamates (subject to hydrolysis) is 1. The second-order valence-corrected chi connectivity index (χ2v) is 14.2. The number of aromatic nitrogens is 5. The Morgan fingerprint density at radius 2 is 1.59 bits per heavy atom. The van der Waals surface area contributed by atoms with Gasteiger partial charge in [0.1, 0.15) is 23.1 Å². The molecule has 260 valence electrons. The van der Waals surface area contributed by atoms with Crippen LogP contribution in [0.3, 0.4) is 0 Å². The Balaban J connectivity index is 1.58. The number of hydrogen-bond donors (Lipinski definition) is 1. The number of rotatable bonds is 8. The van der Waals surface area contributed by atoms with Gasteiger partial charge in [-0.3, -0.25) is 13.9 Å². The van der Waals surface area contributed by atoms with Crippen LogP contribution < -0.4 is 16.6 Å². The monoisotopic (exact) mass is 692 g/mol. The van der Waals surface area contributed by atoms with Crippen LogP contribution in [0, 0.1) is 0 Å². The van der Waals surface area contributed by atoms with Gasteiger partial charge < -0.3 is 24.1 Å². The maximum Gasteiger partial charge on any atom is 0.419 e. The minimum absolute atomic E-state index is 0.00973. The lowest BCUT2D eigenvalue weighted by Gasteiger charge is -2.23. The number of halogens is 1. The minimum Gasteiger partial charge on any atom is -0.444 e. The van der Waals surface area contributed by atoms with Gasteiger partial charge in [-0.2, -0.15) is 0 Å². The van der Waals surface area contributed by atoms with Gasteiger partial charge in [-0.15, -0.1) is 0 Å². The van der Waals surface area contributed by atoms with E-state index in [9.17, 15) is 19.2 Å². The highest BCUT2D eigenvalue weighted by atomic mass is 35.5. The molecule has 14 heteroatoms. The third-order valence-corrected chi connectivity index (χ3v) is 7.89. The molecule has 0 fully saturated rings. The Labute approximate surface area is 288 Å². The first-order chi connectivity index (χ1) is 22.9. The molecule has 1 atom stereocenters. The van der Waals surface area contributed by atoms with Gasteiger partial charge in [-0.25, -0.2) is 23.9 Å². The molecule has 0 bridgehead atoms. The van der Waals surface area contributed by atoms with E-state index in [4.69, 9.17) is 25.8 Å². The SMILES string of the molecule is Cn1c(C(COCc2ccccc2)NC(=O)OC(C)(C)C)nc2c1c(=O)n(Cc1cc3c(Cl)cccc3n1C(=O)OC(C)(C)C)c(=O)n2C. The van der Waals surface area contributed by atoms with Crippen molar-refractivity contribution >= 4 is 45.9 Å². The van der Waals surface area contributed by atoms with Gasteiger partial charge >= 0.3 is 17.9 Å². The summed E-state index contributed by atoms with van der Waals surface area (Å²) in [5, 5.41) is 3.77. The highest BCUT2D eigenvalue weighted by molar-refractivity contribution is 6.35. The fourth-order valence-electron chi connectivity index (χ4n) is 5.46. The molecule has 0 aliphatic heterocycles. The van der Waals surface area contributed by atoms with Crippen LogP contribution >= 0.6 is 11.6 Å². The highest BCUT2D eigenvalue weighted by Crippen LogP contribution is 2.28. The summed E-state index contributed by atoms with van der Waals surface area (Å²) >= 11 is 6.48. The number of carbonyl (C=O) groups excluding carboxylic acids is 2. The van der Waals surface area contributed by atoms with E-state index in [1.54, 1.807) is 72.9 Å². The molecule has 0 radical (unpaired) electrons. The Kier molecular flexibility index (Phi) is 9.80. The maximum absolute atomic E-state index is 14.2. The molecule has 49 heavy (non-hydrogen) atoms. The quantitative estimate of drug-likeness (QED) is 0.220. The van der Waals surface area contributed by atoms with Crippen molar-refractivity contribution < 1.29 is 23.8 Å². The molecule has 0 spiro atoms. The molecule has 0 aliphatic carbocycles. The first kappa shape index (κ1) is 35.4. The van der Waals surface area contributed by atoms with Crippen LogP contribution in [0.25, 0.3) is 22.1 Å². The first-order valence-corrected chi connectivity index (χ1v) is 16.1. The Morgan fingerprint density at radius 3 is 2.24 bits per heavy atom. The lowest BCUT2D eigenvalue weighted by Crippen LogP contribution is -2.40. The van der Waals surface area contributed by atoms with Crippen LogP contribution in [0.1, 0.15) is 64.7 Å². The van der Waals surface area contributed by atoms with Crippen molar-refractivity contribution in [1.29, 1.82) is 0 Å². The van der Waals surface area contributed by atoms with Gasteiger partial charge in [0.15, 0.2) is 11.2 Å². The third-order valence-electron chi connectivity index (χ3n) is 7.56. The van der Waals surface area contributed by atoms with E-state index in [0.717, 1.165) is 10.1 Å². The molecule has 2 aromatic carbocycles. The highest BCUT2D eigenvalue weighted by Gasteiger charge is 2.29. The smallest absolute Gasteiger partial charge is 0.419 e. The summed E-state index contributed by atoms with van der Waals surface area (Å²) in [5.74, 6) is 0.272. The van der Waals surface area contributed by atoms with Crippen LogP contribution in [-0.2, 0) is 41.5 Å². The van der Waals surface area contributed by atoms with Crippen LogP contribution in [0.15, 0.2) is 64.2 Å². The number of amides is 1. The van der Waals surface area contributed by atoms with Crippen molar-refractivity contribution in [3.8, 4) is 0 Å². The summed E-state index contributed by atoms with van der Waals surface area (Å²) in [6.45, 7) is 10.5. The van der Waals surface area contributed by atoms with Crippen molar-refractivity contribution in [2.75, 3.05) is 6.61 Å². The normalized spacial score (nSPS) is 12.8. The Hall–Kier alpha value is -4.88. The number of imidazole rings is 1. The fourth-order valence-corrected chi connectivity index (χ4v) is 5.69. The zero-order valence-corrected chi connectivity index (χ0v) is 29.6. The topological polar surface area (TPSA) is 141 Å². The number of benzene rings is 2. The van der Waals surface area contributed by atoms with Gasteiger partial charge in [0.05, 0.1) is 31.0 Å². The van der Waals surface area contributed by atoms with Gasteiger partial charge in [0.25, 0.3) is 5.56 Å². The number of aryl methyl sites for hydroxylation is 2. The lowest BCUT2D eigenvalue weighted by atomic mass is 10.2. The van der Waals surface area contributed by atoms with Gasteiger partial charge in [0, 0.05) is 24.5 Å². The van der Waals surface area contributed by atoms with E-state index in [2.05, 4.69) is 10.3 Å². The van der Waals surface area contributed by atoms with Gasteiger partial charge in [-0.05, 0) is 65.3 Å². The lowest BCUT2D eigenvalue weighted by molar-refractivity contribution is 0.0418. The third kappa shape index (κ3) is 7.73. The van der Waals surface area contributed by atoms with Crippen molar-refractivity contribution in [2.45, 2.75) is 71.9 Å². The number of nitrogens with zero attached hydrogens (tertiary/aromatic N) is 5. The molecule has 5 rings (SSSR count). The summed E-state index contributed by atoms with van der Waals surface area (Å²) in [4.78, 5) is 58.9. The summed E-state index contributed by atoms with van der Waals surface area (Å²) in [6.07, 6.45) is -1.38. The summed E-state index contributed by atoms with van der Waals surface area (Å²) in [6, 6.07) is 15.4. The van der Waals surface area contributed by atoms with Crippen LogP contribution in [0.5, 0.6) is 0 Å². The van der Waals surface area contributed by atoms with Crippen molar-refractivity contribution in [3.63, 3.8) is 0 Å². The fraction of sp³-hybridized carbons (Fsp3) is 0.400. The molecule has 0 aliphatic rings. The average Bonchev–Trinajstić information content (AvgIpc) is 3.55. The molecule has 0 saturated carbocycles. The molecule has 1 N–H and O–H groups in total. The molecule has 1 amide bonds. The molecule has 13 nitrogen and oxygen atoms in total. The molecule has 3 aromatic heterocycles. The molecule has 1 unspecified atom stereocenters. The van der Waals surface area contributed by atoms with E-state index in [0.29, 0.717) is 21.6 Å². The Bertz CT molecular complexity index is 2150. The average molecular weight is 693 g/mol. The predicted molar refractivity (Wildman–Crippen MR) is 186 cm³/mol. The molecular formula is C35H41ClN6O7. The molecular weight excluding hydrogens is 652 g/mol. The summed E-state index contributed by atoms with van der Waals surface area (Å²) < 4.78 is 22.3. The summed E-state index contributed by atoms with van der Waals surface area (Å²) in [5.41, 5.74) is -0.954. The van der Waals surface area contributed by atoms with E-state index in [-0.39, 0.29) is 36.7 Å². The number of ether oxygens (including phenoxy) is 3. The Morgan fingerprint density at radius 1 is 0.918 bits per heavy atom. The van der Waals surface area contributed by atoms with Crippen LogP contribution in [0.4, 0.5) is 9.59 Å². The minimum atomic E-state index is -0.851. The van der Waals surface area contributed by atoms with Crippen LogP contribution in [-0.4, -0.2) is 53.2 Å². The first-order valence-electron chi connectivity index (χ1n) is 15.7. The molecule has 5 aromatic rings. The number of carbonyl (C=O) groups is 2. The maximum atomic E-state index is 14.2. The van der Waals surface area contributed by atoms with Gasteiger partial charge in [-0.1, -0.05) is 48.0 Å². The largest absolute Gasteiger partial charge is 0.444 e. The summed E-state index contributed by atoms with van der Waals surface area (Å²) in [7, 11) is 3.12.